The third kappa shape index (κ3) is 3.38. The summed E-state index contributed by atoms with van der Waals surface area (Å²) in [4.78, 5) is 36.8. The minimum atomic E-state index is -0.957. The molecule has 3 N–H and O–H groups in total. The van der Waals surface area contributed by atoms with Crippen molar-refractivity contribution in [3.8, 4) is 0 Å². The fraction of sp³-hybridized carbons (Fsp3) is 0.357. The van der Waals surface area contributed by atoms with Gasteiger partial charge in [-0.05, 0) is 17.7 Å². The Morgan fingerprint density at radius 2 is 1.76 bits per heavy atom. The van der Waals surface area contributed by atoms with Crippen LogP contribution in [0.25, 0.3) is 0 Å². The first-order chi connectivity index (χ1) is 9.88. The summed E-state index contributed by atoms with van der Waals surface area (Å²) in [7, 11) is 1.47. The maximum atomic E-state index is 11.7. The maximum Gasteiger partial charge on any atom is 0.305 e. The fourth-order valence-corrected chi connectivity index (χ4v) is 2.15. The number of benzene rings is 1. The fourth-order valence-electron chi connectivity index (χ4n) is 2.15. The van der Waals surface area contributed by atoms with Crippen LogP contribution in [-0.4, -0.2) is 47.9 Å². The lowest BCUT2D eigenvalue weighted by Crippen LogP contribution is -2.52. The molecule has 1 aliphatic heterocycles. The third-order valence-electron chi connectivity index (χ3n) is 3.48. The zero-order chi connectivity index (χ0) is 15.6. The zero-order valence-corrected chi connectivity index (χ0v) is 11.7. The van der Waals surface area contributed by atoms with Gasteiger partial charge < -0.3 is 15.7 Å². The summed E-state index contributed by atoms with van der Waals surface area (Å²) in [5.41, 5.74) is 7.21. The molecule has 0 bridgehead atoms. The lowest BCUT2D eigenvalue weighted by Gasteiger charge is -2.32. The normalized spacial score (nSPS) is 17.0. The Kier molecular flexibility index (Phi) is 4.23. The SMILES string of the molecule is CN1C(=O)CN(c2ccc(C(N)CC(=O)O)cc2)CC1=O. The lowest BCUT2D eigenvalue weighted by molar-refractivity contribution is -0.143. The molecule has 2 rings (SSSR count). The van der Waals surface area contributed by atoms with Crippen LogP contribution in [0.5, 0.6) is 0 Å². The number of carboxylic acid groups (broad SMARTS) is 1. The Balaban J connectivity index is 2.10. The minimum Gasteiger partial charge on any atom is -0.481 e. The van der Waals surface area contributed by atoms with E-state index in [2.05, 4.69) is 0 Å². The molecule has 0 spiro atoms. The highest BCUT2D eigenvalue weighted by Crippen LogP contribution is 2.21. The van der Waals surface area contributed by atoms with Crippen molar-refractivity contribution in [2.24, 2.45) is 5.73 Å². The van der Waals surface area contributed by atoms with Gasteiger partial charge in [0.2, 0.25) is 11.8 Å². The average Bonchev–Trinajstić information content (AvgIpc) is 2.43. The van der Waals surface area contributed by atoms with Crippen molar-refractivity contribution in [1.29, 1.82) is 0 Å². The van der Waals surface area contributed by atoms with Gasteiger partial charge in [-0.3, -0.25) is 19.3 Å². The molecular formula is C14H17N3O4. The molecule has 1 fully saturated rings. The van der Waals surface area contributed by atoms with Crippen LogP contribution < -0.4 is 10.6 Å². The number of carbonyl (C=O) groups is 3. The van der Waals surface area contributed by atoms with Gasteiger partial charge in [-0.15, -0.1) is 0 Å². The minimum absolute atomic E-state index is 0.142. The number of aliphatic carboxylic acids is 1. The number of likely N-dealkylation sites (N-methyl/N-ethyl adjacent to an activating group) is 1. The van der Waals surface area contributed by atoms with E-state index in [1.165, 1.54) is 7.05 Å². The van der Waals surface area contributed by atoms with Crippen LogP contribution in [0.4, 0.5) is 5.69 Å². The number of carboxylic acids is 1. The molecule has 7 nitrogen and oxygen atoms in total. The number of hydrogen-bond acceptors (Lipinski definition) is 5. The third-order valence-corrected chi connectivity index (χ3v) is 3.48. The molecule has 2 amide bonds. The van der Waals surface area contributed by atoms with Crippen LogP contribution in [0, 0.1) is 0 Å². The van der Waals surface area contributed by atoms with E-state index < -0.39 is 12.0 Å². The van der Waals surface area contributed by atoms with Crippen molar-refractivity contribution < 1.29 is 19.5 Å². The van der Waals surface area contributed by atoms with Crippen molar-refractivity contribution in [2.75, 3.05) is 25.0 Å². The molecule has 0 saturated carbocycles. The van der Waals surface area contributed by atoms with Gasteiger partial charge in [-0.1, -0.05) is 12.1 Å². The second kappa shape index (κ2) is 5.92. The molecule has 1 aromatic rings. The lowest BCUT2D eigenvalue weighted by atomic mass is 10.0. The van der Waals surface area contributed by atoms with E-state index in [1.54, 1.807) is 29.2 Å². The Hall–Kier alpha value is -2.41. The Morgan fingerprint density at radius 3 is 2.24 bits per heavy atom. The number of piperazine rings is 1. The molecule has 21 heavy (non-hydrogen) atoms. The van der Waals surface area contributed by atoms with E-state index in [-0.39, 0.29) is 31.3 Å². The summed E-state index contributed by atoms with van der Waals surface area (Å²) in [5.74, 6) is -1.46. The maximum absolute atomic E-state index is 11.7. The highest BCUT2D eigenvalue weighted by molar-refractivity contribution is 6.02. The van der Waals surface area contributed by atoms with Gasteiger partial charge in [-0.25, -0.2) is 0 Å². The van der Waals surface area contributed by atoms with Gasteiger partial charge in [0.15, 0.2) is 0 Å². The standard InChI is InChI=1S/C14H17N3O4/c1-16-12(18)7-17(8-13(16)19)10-4-2-9(3-5-10)11(15)6-14(20)21/h2-5,11H,6-8,15H2,1H3,(H,20,21). The summed E-state index contributed by atoms with van der Waals surface area (Å²) in [6, 6.07) is 6.34. The molecule has 1 unspecified atom stereocenters. The summed E-state index contributed by atoms with van der Waals surface area (Å²) >= 11 is 0. The van der Waals surface area contributed by atoms with E-state index >= 15 is 0 Å². The summed E-state index contributed by atoms with van der Waals surface area (Å²) < 4.78 is 0. The second-order valence-corrected chi connectivity index (χ2v) is 5.00. The Bertz CT molecular complexity index is 552. The number of amides is 2. The van der Waals surface area contributed by atoms with Crippen molar-refractivity contribution in [3.05, 3.63) is 29.8 Å². The summed E-state index contributed by atoms with van der Waals surface area (Å²) in [5, 5.41) is 8.72. The number of carbonyl (C=O) groups excluding carboxylic acids is 2. The van der Waals surface area contributed by atoms with E-state index in [9.17, 15) is 14.4 Å². The van der Waals surface area contributed by atoms with E-state index in [4.69, 9.17) is 10.8 Å². The predicted molar refractivity (Wildman–Crippen MR) is 75.6 cm³/mol. The van der Waals surface area contributed by atoms with Crippen LogP contribution in [0.15, 0.2) is 24.3 Å². The number of imide groups is 1. The summed E-state index contributed by atoms with van der Waals surface area (Å²) in [6.07, 6.45) is -0.148. The molecular weight excluding hydrogens is 274 g/mol. The quantitative estimate of drug-likeness (QED) is 0.755. The van der Waals surface area contributed by atoms with Gasteiger partial charge in [0.25, 0.3) is 0 Å². The highest BCUT2D eigenvalue weighted by Gasteiger charge is 2.28. The molecule has 1 aliphatic rings. The van der Waals surface area contributed by atoms with E-state index in [0.717, 1.165) is 10.6 Å². The smallest absolute Gasteiger partial charge is 0.305 e. The largest absolute Gasteiger partial charge is 0.481 e. The van der Waals surface area contributed by atoms with Gasteiger partial charge >= 0.3 is 5.97 Å². The van der Waals surface area contributed by atoms with Crippen LogP contribution >= 0.6 is 0 Å². The number of nitrogens with two attached hydrogens (primary N) is 1. The van der Waals surface area contributed by atoms with Gasteiger partial charge in [0.1, 0.15) is 0 Å². The van der Waals surface area contributed by atoms with Gasteiger partial charge in [0.05, 0.1) is 19.5 Å². The van der Waals surface area contributed by atoms with Crippen molar-refractivity contribution >= 4 is 23.5 Å². The molecule has 0 radical (unpaired) electrons. The number of anilines is 1. The number of hydrogen-bond donors (Lipinski definition) is 2. The van der Waals surface area contributed by atoms with Crippen molar-refractivity contribution in [1.82, 2.24) is 4.90 Å². The predicted octanol–water partition coefficient (Wildman–Crippen LogP) is -0.0339. The topological polar surface area (TPSA) is 104 Å². The van der Waals surface area contributed by atoms with Gasteiger partial charge in [-0.2, -0.15) is 0 Å². The number of rotatable bonds is 4. The molecule has 0 aliphatic carbocycles. The highest BCUT2D eigenvalue weighted by atomic mass is 16.4. The van der Waals surface area contributed by atoms with Crippen LogP contribution in [0.1, 0.15) is 18.0 Å². The van der Waals surface area contributed by atoms with Crippen molar-refractivity contribution in [3.63, 3.8) is 0 Å². The zero-order valence-electron chi connectivity index (χ0n) is 11.7. The molecule has 0 aromatic heterocycles. The van der Waals surface area contributed by atoms with Gasteiger partial charge in [0, 0.05) is 18.8 Å². The van der Waals surface area contributed by atoms with Crippen LogP contribution in [0.2, 0.25) is 0 Å². The molecule has 1 heterocycles. The molecule has 7 heteroatoms. The first-order valence-corrected chi connectivity index (χ1v) is 6.50. The molecule has 1 aromatic carbocycles. The average molecular weight is 291 g/mol. The Morgan fingerprint density at radius 1 is 1.24 bits per heavy atom. The molecule has 112 valence electrons. The second-order valence-electron chi connectivity index (χ2n) is 5.00. The van der Waals surface area contributed by atoms with Crippen LogP contribution in [-0.2, 0) is 14.4 Å². The van der Waals surface area contributed by atoms with Crippen molar-refractivity contribution in [2.45, 2.75) is 12.5 Å². The van der Waals surface area contributed by atoms with E-state index in [0.29, 0.717) is 5.56 Å². The Labute approximate surface area is 121 Å². The first kappa shape index (κ1) is 15.0. The van der Waals surface area contributed by atoms with Crippen LogP contribution in [0.3, 0.4) is 0 Å². The number of nitrogens with zero attached hydrogens (tertiary/aromatic N) is 2. The molecule has 1 saturated heterocycles. The summed E-state index contributed by atoms with van der Waals surface area (Å²) in [6.45, 7) is 0.283. The van der Waals surface area contributed by atoms with E-state index in [1.807, 2.05) is 0 Å². The molecule has 1 atom stereocenters. The monoisotopic (exact) mass is 291 g/mol. The first-order valence-electron chi connectivity index (χ1n) is 6.50.